The van der Waals surface area contributed by atoms with Gasteiger partial charge in [0, 0.05) is 18.0 Å². The molecule has 1 atom stereocenters. The van der Waals surface area contributed by atoms with Gasteiger partial charge in [0.15, 0.2) is 5.78 Å². The number of amides is 1. The van der Waals surface area contributed by atoms with Crippen LogP contribution in [0.2, 0.25) is 0 Å². The Morgan fingerprint density at radius 2 is 2.06 bits per heavy atom. The fourth-order valence-electron chi connectivity index (χ4n) is 1.95. The average Bonchev–Trinajstić information content (AvgIpc) is 2.61. The number of ether oxygens (including phenoxy) is 1. The molecule has 1 saturated heterocycles. The molecular formula is C13H20ClNO3. The van der Waals surface area contributed by atoms with Crippen LogP contribution in [0, 0.1) is 0 Å². The molecule has 0 aromatic heterocycles. The summed E-state index contributed by atoms with van der Waals surface area (Å²) < 4.78 is 5.29. The lowest BCUT2D eigenvalue weighted by molar-refractivity contribution is -0.122. The first-order chi connectivity index (χ1) is 8.20. The molecule has 0 N–H and O–H groups in total. The van der Waals surface area contributed by atoms with Gasteiger partial charge in [0.05, 0.1) is 6.04 Å². The van der Waals surface area contributed by atoms with E-state index in [1.165, 1.54) is 4.90 Å². The first kappa shape index (κ1) is 15.0. The molecule has 1 amide bonds. The van der Waals surface area contributed by atoms with Crippen molar-refractivity contribution >= 4 is 23.5 Å². The molecule has 0 aromatic carbocycles. The van der Waals surface area contributed by atoms with Gasteiger partial charge >= 0.3 is 6.09 Å². The third kappa shape index (κ3) is 4.33. The number of Topliss-reactive ketones (excluding diaryl/α,β-unsaturated/α-hetero) is 1. The molecule has 5 heteroatoms. The lowest BCUT2D eigenvalue weighted by atomic mass is 10.1. The molecule has 102 valence electrons. The van der Waals surface area contributed by atoms with E-state index < -0.39 is 17.7 Å². The Morgan fingerprint density at radius 3 is 2.56 bits per heavy atom. The standard InChI is InChI=1S/C13H20ClNO3/c1-9(14)8-11(16)10-6-5-7-15(10)12(17)18-13(2,3)4/h10H,1,5-8H2,2-4H3/t10-/m1/s1. The molecule has 0 bridgehead atoms. The van der Waals surface area contributed by atoms with Crippen LogP contribution in [0.4, 0.5) is 4.79 Å². The van der Waals surface area contributed by atoms with Crippen molar-refractivity contribution in [3.8, 4) is 0 Å². The van der Waals surface area contributed by atoms with E-state index in [0.29, 0.717) is 18.0 Å². The summed E-state index contributed by atoms with van der Waals surface area (Å²) in [6, 6.07) is -0.421. The van der Waals surface area contributed by atoms with Crippen LogP contribution in [-0.4, -0.2) is 35.0 Å². The molecule has 1 aliphatic heterocycles. The summed E-state index contributed by atoms with van der Waals surface area (Å²) >= 11 is 5.63. The quantitative estimate of drug-likeness (QED) is 0.794. The number of halogens is 1. The number of hydrogen-bond acceptors (Lipinski definition) is 3. The van der Waals surface area contributed by atoms with E-state index in [1.807, 2.05) is 0 Å². The summed E-state index contributed by atoms with van der Waals surface area (Å²) in [5.74, 6) is -0.0710. The highest BCUT2D eigenvalue weighted by molar-refractivity contribution is 6.30. The van der Waals surface area contributed by atoms with Gasteiger partial charge < -0.3 is 4.74 Å². The number of ketones is 1. The summed E-state index contributed by atoms with van der Waals surface area (Å²) in [7, 11) is 0. The predicted molar refractivity (Wildman–Crippen MR) is 70.6 cm³/mol. The maximum Gasteiger partial charge on any atom is 0.410 e. The van der Waals surface area contributed by atoms with Crippen LogP contribution >= 0.6 is 11.6 Å². The van der Waals surface area contributed by atoms with Crippen molar-refractivity contribution in [3.05, 3.63) is 11.6 Å². The van der Waals surface area contributed by atoms with Gasteiger partial charge in [0.2, 0.25) is 0 Å². The Hall–Kier alpha value is -1.03. The Morgan fingerprint density at radius 1 is 1.44 bits per heavy atom. The van der Waals surface area contributed by atoms with Gasteiger partial charge in [-0.15, -0.1) is 0 Å². The molecule has 1 heterocycles. The van der Waals surface area contributed by atoms with E-state index in [1.54, 1.807) is 20.8 Å². The molecule has 0 radical (unpaired) electrons. The SMILES string of the molecule is C=C(Cl)CC(=O)[C@H]1CCCN1C(=O)OC(C)(C)C. The Balaban J connectivity index is 2.67. The lowest BCUT2D eigenvalue weighted by Gasteiger charge is -2.27. The normalized spacial score (nSPS) is 19.8. The van der Waals surface area contributed by atoms with E-state index in [4.69, 9.17) is 16.3 Å². The molecule has 0 aromatic rings. The Bertz CT molecular complexity index is 360. The van der Waals surface area contributed by atoms with E-state index in [-0.39, 0.29) is 12.2 Å². The van der Waals surface area contributed by atoms with Crippen molar-refractivity contribution in [2.24, 2.45) is 0 Å². The summed E-state index contributed by atoms with van der Waals surface area (Å²) in [6.07, 6.45) is 1.15. The third-order valence-corrected chi connectivity index (χ3v) is 2.75. The molecule has 0 spiro atoms. The second kappa shape index (κ2) is 5.74. The molecule has 0 unspecified atom stereocenters. The third-order valence-electron chi connectivity index (χ3n) is 2.62. The smallest absolute Gasteiger partial charge is 0.410 e. The van der Waals surface area contributed by atoms with Crippen molar-refractivity contribution in [2.45, 2.75) is 51.7 Å². The van der Waals surface area contributed by atoms with Crippen LogP contribution in [0.1, 0.15) is 40.0 Å². The van der Waals surface area contributed by atoms with Gasteiger partial charge in [-0.3, -0.25) is 9.69 Å². The zero-order valence-corrected chi connectivity index (χ0v) is 11.9. The zero-order valence-electron chi connectivity index (χ0n) is 11.2. The number of nitrogens with zero attached hydrogens (tertiary/aromatic N) is 1. The minimum absolute atomic E-state index is 0.0710. The van der Waals surface area contributed by atoms with Crippen molar-refractivity contribution in [1.29, 1.82) is 0 Å². The molecule has 0 saturated carbocycles. The fourth-order valence-corrected chi connectivity index (χ4v) is 2.08. The molecule has 4 nitrogen and oxygen atoms in total. The minimum atomic E-state index is -0.552. The summed E-state index contributed by atoms with van der Waals surface area (Å²) in [5.41, 5.74) is -0.552. The van der Waals surface area contributed by atoms with Crippen LogP contribution in [0.5, 0.6) is 0 Å². The van der Waals surface area contributed by atoms with Crippen LogP contribution in [0.15, 0.2) is 11.6 Å². The predicted octanol–water partition coefficient (Wildman–Crippen LogP) is 3.10. The number of hydrogen-bond donors (Lipinski definition) is 0. The summed E-state index contributed by atoms with van der Waals surface area (Å²) in [6.45, 7) is 9.47. The van der Waals surface area contributed by atoms with E-state index in [2.05, 4.69) is 6.58 Å². The van der Waals surface area contributed by atoms with E-state index in [0.717, 1.165) is 6.42 Å². The topological polar surface area (TPSA) is 46.6 Å². The van der Waals surface area contributed by atoms with Gasteiger partial charge in [0.1, 0.15) is 5.60 Å². The second-order valence-electron chi connectivity index (χ2n) is 5.49. The maximum absolute atomic E-state index is 12.0. The van der Waals surface area contributed by atoms with Crippen LogP contribution in [-0.2, 0) is 9.53 Å². The van der Waals surface area contributed by atoms with Gasteiger partial charge in [0.25, 0.3) is 0 Å². The van der Waals surface area contributed by atoms with Crippen LogP contribution in [0.25, 0.3) is 0 Å². The fraction of sp³-hybridized carbons (Fsp3) is 0.692. The van der Waals surface area contributed by atoms with E-state index >= 15 is 0 Å². The lowest BCUT2D eigenvalue weighted by Crippen LogP contribution is -2.43. The Kier molecular flexibility index (Phi) is 4.79. The zero-order chi connectivity index (χ0) is 13.9. The first-order valence-electron chi connectivity index (χ1n) is 6.06. The highest BCUT2D eigenvalue weighted by Gasteiger charge is 2.36. The number of carbonyl (C=O) groups excluding carboxylic acids is 2. The molecule has 18 heavy (non-hydrogen) atoms. The first-order valence-corrected chi connectivity index (χ1v) is 6.44. The number of rotatable bonds is 3. The molecular weight excluding hydrogens is 254 g/mol. The van der Waals surface area contributed by atoms with Crippen LogP contribution < -0.4 is 0 Å². The van der Waals surface area contributed by atoms with Gasteiger partial charge in [-0.2, -0.15) is 0 Å². The summed E-state index contributed by atoms with van der Waals surface area (Å²) in [5, 5.41) is 0.302. The minimum Gasteiger partial charge on any atom is -0.444 e. The average molecular weight is 274 g/mol. The molecule has 0 aliphatic carbocycles. The largest absolute Gasteiger partial charge is 0.444 e. The van der Waals surface area contributed by atoms with E-state index in [9.17, 15) is 9.59 Å². The highest BCUT2D eigenvalue weighted by Crippen LogP contribution is 2.23. The van der Waals surface area contributed by atoms with Crippen molar-refractivity contribution in [2.75, 3.05) is 6.54 Å². The van der Waals surface area contributed by atoms with Crippen molar-refractivity contribution < 1.29 is 14.3 Å². The van der Waals surface area contributed by atoms with Gasteiger partial charge in [-0.1, -0.05) is 18.2 Å². The Labute approximate surface area is 113 Å². The van der Waals surface area contributed by atoms with Gasteiger partial charge in [-0.25, -0.2) is 4.79 Å². The van der Waals surface area contributed by atoms with Crippen molar-refractivity contribution in [3.63, 3.8) is 0 Å². The molecule has 1 fully saturated rings. The van der Waals surface area contributed by atoms with Crippen molar-refractivity contribution in [1.82, 2.24) is 4.90 Å². The monoisotopic (exact) mass is 273 g/mol. The van der Waals surface area contributed by atoms with Gasteiger partial charge in [-0.05, 0) is 33.6 Å². The maximum atomic E-state index is 12.0. The highest BCUT2D eigenvalue weighted by atomic mass is 35.5. The summed E-state index contributed by atoms with van der Waals surface area (Å²) in [4.78, 5) is 25.4. The second-order valence-corrected chi connectivity index (χ2v) is 6.03. The van der Waals surface area contributed by atoms with Crippen LogP contribution in [0.3, 0.4) is 0 Å². The number of carbonyl (C=O) groups is 2. The molecule has 1 rings (SSSR count). The molecule has 1 aliphatic rings. The number of allylic oxidation sites excluding steroid dienone is 1. The number of likely N-dealkylation sites (tertiary alicyclic amines) is 1.